The smallest absolute Gasteiger partial charge is 0.319 e. The molecule has 0 atom stereocenters. The second-order valence-electron chi connectivity index (χ2n) is 8.67. The van der Waals surface area contributed by atoms with E-state index in [4.69, 9.17) is 0 Å². The molecule has 0 aliphatic carbocycles. The molecule has 3 aromatic carbocycles. The monoisotopic (exact) mass is 477 g/mol. The molecule has 0 spiro atoms. The Bertz CT molecular complexity index is 1250. The molecular weight excluding hydrogens is 446 g/mol. The van der Waals surface area contributed by atoms with E-state index in [0.717, 1.165) is 37.2 Å². The van der Waals surface area contributed by atoms with E-state index in [-0.39, 0.29) is 16.7 Å². The number of anilines is 1. The Balaban J connectivity index is 1.33. The number of sulfone groups is 1. The van der Waals surface area contributed by atoms with Gasteiger partial charge in [0, 0.05) is 25.3 Å². The van der Waals surface area contributed by atoms with Gasteiger partial charge in [0.15, 0.2) is 9.84 Å². The molecular formula is C27H31N3O3S. The van der Waals surface area contributed by atoms with E-state index >= 15 is 0 Å². The summed E-state index contributed by atoms with van der Waals surface area (Å²) in [5.41, 5.74) is 6.08. The third kappa shape index (κ3) is 5.85. The summed E-state index contributed by atoms with van der Waals surface area (Å²) in [5.74, 6) is -0.0452. The lowest BCUT2D eigenvalue weighted by Gasteiger charge is -2.10. The highest BCUT2D eigenvalue weighted by atomic mass is 32.2. The minimum atomic E-state index is -3.49. The molecule has 0 unspecified atom stereocenters. The lowest BCUT2D eigenvalue weighted by Crippen LogP contribution is -2.28. The normalized spacial score (nSPS) is 13.5. The summed E-state index contributed by atoms with van der Waals surface area (Å²) in [6, 6.07) is 20.0. The maximum absolute atomic E-state index is 13.0. The molecule has 178 valence electrons. The van der Waals surface area contributed by atoms with Crippen molar-refractivity contribution in [3.8, 4) is 0 Å². The maximum Gasteiger partial charge on any atom is 0.319 e. The van der Waals surface area contributed by atoms with Crippen LogP contribution in [0.3, 0.4) is 0 Å². The van der Waals surface area contributed by atoms with Gasteiger partial charge in [-0.2, -0.15) is 0 Å². The van der Waals surface area contributed by atoms with Crippen molar-refractivity contribution in [1.82, 2.24) is 10.2 Å². The summed E-state index contributed by atoms with van der Waals surface area (Å²) in [4.78, 5) is 14.8. The zero-order chi connectivity index (χ0) is 24.1. The van der Waals surface area contributed by atoms with Gasteiger partial charge >= 0.3 is 6.03 Å². The van der Waals surface area contributed by atoms with Crippen molar-refractivity contribution >= 4 is 21.6 Å². The van der Waals surface area contributed by atoms with Crippen LogP contribution < -0.4 is 10.6 Å². The van der Waals surface area contributed by atoms with Gasteiger partial charge in [0.2, 0.25) is 0 Å². The van der Waals surface area contributed by atoms with Gasteiger partial charge in [-0.25, -0.2) is 13.2 Å². The van der Waals surface area contributed by atoms with Gasteiger partial charge < -0.3 is 10.6 Å². The van der Waals surface area contributed by atoms with Crippen LogP contribution in [0.15, 0.2) is 71.6 Å². The van der Waals surface area contributed by atoms with E-state index in [1.165, 1.54) is 16.7 Å². The van der Waals surface area contributed by atoms with Crippen LogP contribution in [0.25, 0.3) is 0 Å². The number of carbonyl (C=O) groups excluding carboxylic acids is 1. The van der Waals surface area contributed by atoms with E-state index in [1.807, 2.05) is 30.3 Å². The molecule has 0 bridgehead atoms. The number of benzene rings is 3. The van der Waals surface area contributed by atoms with Crippen molar-refractivity contribution in [2.75, 3.05) is 11.9 Å². The SMILES string of the molecule is CCc1ccc(CNC(=O)Nc2ccc(S(=O)(=O)Cc3ccc4c(c3)CN(CC)C4)cc2)cc1. The lowest BCUT2D eigenvalue weighted by atomic mass is 10.1. The summed E-state index contributed by atoms with van der Waals surface area (Å²) >= 11 is 0. The quantitative estimate of drug-likeness (QED) is 0.485. The van der Waals surface area contributed by atoms with Gasteiger partial charge in [-0.15, -0.1) is 0 Å². The van der Waals surface area contributed by atoms with Crippen LogP contribution in [-0.4, -0.2) is 25.9 Å². The highest BCUT2D eigenvalue weighted by Crippen LogP contribution is 2.26. The van der Waals surface area contributed by atoms with Gasteiger partial charge in [-0.1, -0.05) is 56.3 Å². The second-order valence-corrected chi connectivity index (χ2v) is 10.7. The van der Waals surface area contributed by atoms with Crippen LogP contribution in [0.2, 0.25) is 0 Å². The predicted molar refractivity (Wildman–Crippen MR) is 135 cm³/mol. The average molecular weight is 478 g/mol. The number of nitrogens with one attached hydrogen (secondary N) is 2. The number of aryl methyl sites for hydroxylation is 1. The van der Waals surface area contributed by atoms with Gasteiger partial charge in [-0.05, 0) is 65.0 Å². The number of fused-ring (bicyclic) bond motifs is 1. The van der Waals surface area contributed by atoms with Crippen molar-refractivity contribution in [3.63, 3.8) is 0 Å². The molecule has 1 aliphatic heterocycles. The summed E-state index contributed by atoms with van der Waals surface area (Å²) in [6.45, 7) is 7.42. The zero-order valence-corrected chi connectivity index (χ0v) is 20.5. The first-order chi connectivity index (χ1) is 16.4. The average Bonchev–Trinajstić information content (AvgIpc) is 3.26. The zero-order valence-electron chi connectivity index (χ0n) is 19.7. The summed E-state index contributed by atoms with van der Waals surface area (Å²) in [7, 11) is -3.49. The fourth-order valence-electron chi connectivity index (χ4n) is 4.13. The first-order valence-electron chi connectivity index (χ1n) is 11.6. The topological polar surface area (TPSA) is 78.5 Å². The molecule has 1 heterocycles. The van der Waals surface area contributed by atoms with Crippen LogP contribution in [0.4, 0.5) is 10.5 Å². The predicted octanol–water partition coefficient (Wildman–Crippen LogP) is 4.88. The molecule has 0 saturated carbocycles. The summed E-state index contributed by atoms with van der Waals surface area (Å²) in [6.07, 6.45) is 0.977. The molecule has 1 aliphatic rings. The minimum absolute atomic E-state index is 0.0452. The van der Waals surface area contributed by atoms with Crippen LogP contribution in [0, 0.1) is 0 Å². The number of rotatable bonds is 8. The van der Waals surface area contributed by atoms with E-state index in [2.05, 4.69) is 41.5 Å². The Kier molecular flexibility index (Phi) is 7.34. The van der Waals surface area contributed by atoms with Crippen molar-refractivity contribution in [2.24, 2.45) is 0 Å². The van der Waals surface area contributed by atoms with Crippen LogP contribution in [0.5, 0.6) is 0 Å². The lowest BCUT2D eigenvalue weighted by molar-refractivity contribution is 0.251. The van der Waals surface area contributed by atoms with E-state index in [0.29, 0.717) is 12.2 Å². The third-order valence-corrected chi connectivity index (χ3v) is 7.92. The fraction of sp³-hybridized carbons (Fsp3) is 0.296. The Morgan fingerprint density at radius 2 is 1.50 bits per heavy atom. The fourth-order valence-corrected chi connectivity index (χ4v) is 5.47. The van der Waals surface area contributed by atoms with Crippen LogP contribution in [-0.2, 0) is 41.6 Å². The number of urea groups is 1. The first kappa shape index (κ1) is 24.0. The molecule has 0 aromatic heterocycles. The molecule has 6 nitrogen and oxygen atoms in total. The van der Waals surface area contributed by atoms with Gasteiger partial charge in [0.1, 0.15) is 0 Å². The Hall–Kier alpha value is -3.16. The Labute approximate surface area is 201 Å². The van der Waals surface area contributed by atoms with Crippen LogP contribution >= 0.6 is 0 Å². The number of amides is 2. The van der Waals surface area contributed by atoms with E-state index in [9.17, 15) is 13.2 Å². The van der Waals surface area contributed by atoms with Crippen molar-refractivity contribution < 1.29 is 13.2 Å². The largest absolute Gasteiger partial charge is 0.334 e. The van der Waals surface area contributed by atoms with Crippen molar-refractivity contribution in [1.29, 1.82) is 0 Å². The number of hydrogen-bond donors (Lipinski definition) is 2. The van der Waals surface area contributed by atoms with Crippen molar-refractivity contribution in [2.45, 2.75) is 50.6 Å². The maximum atomic E-state index is 13.0. The first-order valence-corrected chi connectivity index (χ1v) is 13.3. The van der Waals surface area contributed by atoms with Crippen molar-refractivity contribution in [3.05, 3.63) is 94.5 Å². The third-order valence-electron chi connectivity index (χ3n) is 6.22. The minimum Gasteiger partial charge on any atom is -0.334 e. The highest BCUT2D eigenvalue weighted by molar-refractivity contribution is 7.90. The van der Waals surface area contributed by atoms with E-state index in [1.54, 1.807) is 24.3 Å². The van der Waals surface area contributed by atoms with E-state index < -0.39 is 9.84 Å². The molecule has 4 rings (SSSR count). The number of nitrogens with zero attached hydrogens (tertiary/aromatic N) is 1. The molecule has 0 saturated heterocycles. The van der Waals surface area contributed by atoms with Gasteiger partial charge in [-0.3, -0.25) is 4.90 Å². The molecule has 2 N–H and O–H groups in total. The summed E-state index contributed by atoms with van der Waals surface area (Å²) in [5, 5.41) is 5.57. The molecule has 3 aromatic rings. The molecule has 34 heavy (non-hydrogen) atoms. The van der Waals surface area contributed by atoms with Gasteiger partial charge in [0.05, 0.1) is 10.6 Å². The second kappa shape index (κ2) is 10.4. The molecule has 0 radical (unpaired) electrons. The standard InChI is InChI=1S/C27H31N3O3S/c1-3-20-5-7-21(8-6-20)16-28-27(31)29-25-11-13-26(14-12-25)34(32,33)19-22-9-10-23-17-30(4-2)18-24(23)15-22/h5-15H,3-4,16-19H2,1-2H3,(H2,28,29,31). The molecule has 0 fully saturated rings. The Morgan fingerprint density at radius 3 is 2.18 bits per heavy atom. The number of carbonyl (C=O) groups is 1. The molecule has 2 amide bonds. The van der Waals surface area contributed by atoms with Crippen LogP contribution in [0.1, 0.15) is 41.7 Å². The highest BCUT2D eigenvalue weighted by Gasteiger charge is 2.20. The number of hydrogen-bond acceptors (Lipinski definition) is 4. The summed E-state index contributed by atoms with van der Waals surface area (Å²) < 4.78 is 25.9. The van der Waals surface area contributed by atoms with Gasteiger partial charge in [0.25, 0.3) is 0 Å². The Morgan fingerprint density at radius 1 is 0.853 bits per heavy atom. The molecule has 7 heteroatoms.